The summed E-state index contributed by atoms with van der Waals surface area (Å²) in [6.45, 7) is 3.43. The average molecular weight is 211 g/mol. The Kier molecular flexibility index (Phi) is 2.01. The summed E-state index contributed by atoms with van der Waals surface area (Å²) >= 11 is 5.98. The number of halogens is 1. The second kappa shape index (κ2) is 2.97. The van der Waals surface area contributed by atoms with Crippen molar-refractivity contribution in [1.29, 1.82) is 0 Å². The quantitative estimate of drug-likeness (QED) is 0.760. The first-order valence-electron chi connectivity index (χ1n) is 4.34. The van der Waals surface area contributed by atoms with E-state index in [1.165, 1.54) is 0 Å². The van der Waals surface area contributed by atoms with E-state index < -0.39 is 5.60 Å². The number of aromatic amines is 1. The highest BCUT2D eigenvalue weighted by molar-refractivity contribution is 6.35. The normalized spacial score (nSPS) is 12.3. The first-order valence-corrected chi connectivity index (χ1v) is 4.72. The van der Waals surface area contributed by atoms with E-state index in [0.717, 1.165) is 5.39 Å². The largest absolute Gasteiger partial charge is 0.384 e. The van der Waals surface area contributed by atoms with Crippen LogP contribution >= 0.6 is 11.6 Å². The summed E-state index contributed by atoms with van der Waals surface area (Å²) in [7, 11) is 0. The van der Waals surface area contributed by atoms with Crippen molar-refractivity contribution in [3.8, 4) is 0 Å². The molecule has 0 bridgehead atoms. The predicted molar refractivity (Wildman–Crippen MR) is 56.3 cm³/mol. The molecule has 0 aromatic carbocycles. The Morgan fingerprint density at radius 1 is 1.50 bits per heavy atom. The maximum Gasteiger partial charge on any atom is 0.139 e. The van der Waals surface area contributed by atoms with E-state index in [9.17, 15) is 5.11 Å². The summed E-state index contributed by atoms with van der Waals surface area (Å²) in [6, 6.07) is 3.55. The lowest BCUT2D eigenvalue weighted by Gasteiger charge is -2.14. The fraction of sp³-hybridized carbons (Fsp3) is 0.300. The van der Waals surface area contributed by atoms with Gasteiger partial charge in [0, 0.05) is 17.3 Å². The van der Waals surface area contributed by atoms with Crippen molar-refractivity contribution in [2.24, 2.45) is 0 Å². The van der Waals surface area contributed by atoms with E-state index in [1.807, 2.05) is 6.07 Å². The van der Waals surface area contributed by atoms with Gasteiger partial charge in [-0.15, -0.1) is 0 Å². The summed E-state index contributed by atoms with van der Waals surface area (Å²) in [6.07, 6.45) is 1.63. The fourth-order valence-corrected chi connectivity index (χ4v) is 1.52. The molecule has 0 spiro atoms. The molecule has 0 saturated heterocycles. The van der Waals surface area contributed by atoms with E-state index in [2.05, 4.69) is 9.97 Å². The van der Waals surface area contributed by atoms with E-state index in [0.29, 0.717) is 16.4 Å². The molecule has 0 unspecified atom stereocenters. The standard InChI is InChI=1S/C10H11ClN2O/c1-10(2,14)8-5-6-7(11)3-4-12-9(6)13-8/h3-5,14H,1-2H3,(H,12,13). The van der Waals surface area contributed by atoms with Crippen molar-refractivity contribution < 1.29 is 5.11 Å². The van der Waals surface area contributed by atoms with Gasteiger partial charge >= 0.3 is 0 Å². The minimum Gasteiger partial charge on any atom is -0.384 e. The zero-order valence-electron chi connectivity index (χ0n) is 8.00. The van der Waals surface area contributed by atoms with Gasteiger partial charge in [-0.25, -0.2) is 4.98 Å². The van der Waals surface area contributed by atoms with Gasteiger partial charge in [0.1, 0.15) is 5.65 Å². The van der Waals surface area contributed by atoms with Crippen LogP contribution in [-0.2, 0) is 5.60 Å². The highest BCUT2D eigenvalue weighted by Crippen LogP contribution is 2.27. The molecule has 0 fully saturated rings. The van der Waals surface area contributed by atoms with Crippen LogP contribution in [0.4, 0.5) is 0 Å². The highest BCUT2D eigenvalue weighted by atomic mass is 35.5. The molecule has 2 aromatic heterocycles. The van der Waals surface area contributed by atoms with Gasteiger partial charge < -0.3 is 10.1 Å². The van der Waals surface area contributed by atoms with Crippen LogP contribution in [0.25, 0.3) is 11.0 Å². The van der Waals surface area contributed by atoms with Crippen molar-refractivity contribution in [3.63, 3.8) is 0 Å². The molecule has 0 atom stereocenters. The zero-order valence-corrected chi connectivity index (χ0v) is 8.76. The molecular formula is C10H11ClN2O. The van der Waals surface area contributed by atoms with Crippen molar-refractivity contribution in [2.75, 3.05) is 0 Å². The third-order valence-electron chi connectivity index (χ3n) is 2.14. The van der Waals surface area contributed by atoms with Crippen molar-refractivity contribution >= 4 is 22.6 Å². The molecule has 74 valence electrons. The van der Waals surface area contributed by atoms with Gasteiger partial charge in [-0.05, 0) is 26.0 Å². The number of rotatable bonds is 1. The first-order chi connectivity index (χ1) is 6.48. The van der Waals surface area contributed by atoms with Gasteiger partial charge in [0.2, 0.25) is 0 Å². The summed E-state index contributed by atoms with van der Waals surface area (Å²) in [5.74, 6) is 0. The summed E-state index contributed by atoms with van der Waals surface area (Å²) in [4.78, 5) is 7.16. The lowest BCUT2D eigenvalue weighted by Crippen LogP contribution is -2.15. The topological polar surface area (TPSA) is 48.9 Å². The summed E-state index contributed by atoms with van der Waals surface area (Å²) in [5, 5.41) is 11.3. The van der Waals surface area contributed by atoms with Crippen LogP contribution in [0.3, 0.4) is 0 Å². The van der Waals surface area contributed by atoms with Crippen LogP contribution in [0.5, 0.6) is 0 Å². The lowest BCUT2D eigenvalue weighted by atomic mass is 10.1. The Bertz CT molecular complexity index is 470. The van der Waals surface area contributed by atoms with Gasteiger partial charge in [-0.1, -0.05) is 11.6 Å². The predicted octanol–water partition coefficient (Wildman–Crippen LogP) is 2.44. The second-order valence-corrected chi connectivity index (χ2v) is 4.20. The molecule has 0 aliphatic carbocycles. The Morgan fingerprint density at radius 3 is 2.79 bits per heavy atom. The van der Waals surface area contributed by atoms with Gasteiger partial charge in [0.15, 0.2) is 0 Å². The number of aliphatic hydroxyl groups is 1. The number of nitrogens with zero attached hydrogens (tertiary/aromatic N) is 1. The summed E-state index contributed by atoms with van der Waals surface area (Å²) < 4.78 is 0. The van der Waals surface area contributed by atoms with E-state index in [4.69, 9.17) is 11.6 Å². The summed E-state index contributed by atoms with van der Waals surface area (Å²) in [5.41, 5.74) is 0.520. The lowest BCUT2D eigenvalue weighted by molar-refractivity contribution is 0.0746. The Hall–Kier alpha value is -1.06. The molecule has 2 heterocycles. The molecule has 3 nitrogen and oxygen atoms in total. The maximum absolute atomic E-state index is 9.78. The molecule has 0 radical (unpaired) electrons. The molecule has 4 heteroatoms. The number of hydrogen-bond acceptors (Lipinski definition) is 2. The number of nitrogens with one attached hydrogen (secondary N) is 1. The molecule has 0 aliphatic rings. The third kappa shape index (κ3) is 1.49. The zero-order chi connectivity index (χ0) is 10.3. The maximum atomic E-state index is 9.78. The Labute approximate surface area is 86.7 Å². The van der Waals surface area contributed by atoms with Crippen LogP contribution in [0.1, 0.15) is 19.5 Å². The monoisotopic (exact) mass is 210 g/mol. The number of hydrogen-bond donors (Lipinski definition) is 2. The molecule has 0 aliphatic heterocycles. The number of H-pyrrole nitrogens is 1. The second-order valence-electron chi connectivity index (χ2n) is 3.80. The fourth-order valence-electron chi connectivity index (χ4n) is 1.32. The molecule has 2 rings (SSSR count). The molecule has 2 aromatic rings. The number of aromatic nitrogens is 2. The van der Waals surface area contributed by atoms with Crippen molar-refractivity contribution in [1.82, 2.24) is 9.97 Å². The van der Waals surface area contributed by atoms with E-state index >= 15 is 0 Å². The first kappa shape index (κ1) is 9.49. The van der Waals surface area contributed by atoms with Gasteiger partial charge in [0.25, 0.3) is 0 Å². The minimum absolute atomic E-state index is 0.641. The van der Waals surface area contributed by atoms with Crippen LogP contribution in [0.15, 0.2) is 18.3 Å². The minimum atomic E-state index is -0.899. The van der Waals surface area contributed by atoms with Crippen LogP contribution in [-0.4, -0.2) is 15.1 Å². The van der Waals surface area contributed by atoms with Crippen LogP contribution in [0, 0.1) is 0 Å². The molecule has 0 amide bonds. The van der Waals surface area contributed by atoms with E-state index in [1.54, 1.807) is 26.1 Å². The van der Waals surface area contributed by atoms with Crippen molar-refractivity contribution in [2.45, 2.75) is 19.4 Å². The smallest absolute Gasteiger partial charge is 0.139 e. The molecule has 14 heavy (non-hydrogen) atoms. The van der Waals surface area contributed by atoms with Gasteiger partial charge in [-0.2, -0.15) is 0 Å². The number of fused-ring (bicyclic) bond motifs is 1. The van der Waals surface area contributed by atoms with Crippen LogP contribution < -0.4 is 0 Å². The molecular weight excluding hydrogens is 200 g/mol. The van der Waals surface area contributed by atoms with Crippen LogP contribution in [0.2, 0.25) is 5.02 Å². The Balaban J connectivity index is 2.69. The SMILES string of the molecule is CC(C)(O)c1cc2c(Cl)ccnc2[nH]1. The number of pyridine rings is 1. The van der Waals surface area contributed by atoms with Crippen molar-refractivity contribution in [3.05, 3.63) is 29.0 Å². The average Bonchev–Trinajstić information content (AvgIpc) is 2.48. The third-order valence-corrected chi connectivity index (χ3v) is 2.47. The van der Waals surface area contributed by atoms with E-state index in [-0.39, 0.29) is 0 Å². The van der Waals surface area contributed by atoms with Gasteiger partial charge in [-0.3, -0.25) is 0 Å². The highest BCUT2D eigenvalue weighted by Gasteiger charge is 2.19. The van der Waals surface area contributed by atoms with Gasteiger partial charge in [0.05, 0.1) is 10.6 Å². The Morgan fingerprint density at radius 2 is 2.21 bits per heavy atom. The molecule has 0 saturated carbocycles. The molecule has 2 N–H and O–H groups in total.